The fourth-order valence-corrected chi connectivity index (χ4v) is 1.96. The SMILES string of the molecule is CC1CN(C)C(C)N1C.O=C(O)c1ccccc1. The lowest BCUT2D eigenvalue weighted by Gasteiger charge is -2.21. The molecule has 1 aliphatic rings. The summed E-state index contributed by atoms with van der Waals surface area (Å²) in [6.45, 7) is 5.71. The molecule has 4 heteroatoms. The Morgan fingerprint density at radius 2 is 1.78 bits per heavy atom. The van der Waals surface area contributed by atoms with Gasteiger partial charge in [-0.2, -0.15) is 0 Å². The molecule has 1 aromatic carbocycles. The first-order chi connectivity index (χ1) is 8.43. The molecule has 2 unspecified atom stereocenters. The van der Waals surface area contributed by atoms with E-state index < -0.39 is 5.97 Å². The highest BCUT2D eigenvalue weighted by molar-refractivity contribution is 5.87. The van der Waals surface area contributed by atoms with Crippen LogP contribution in [0.2, 0.25) is 0 Å². The van der Waals surface area contributed by atoms with Crippen molar-refractivity contribution in [1.29, 1.82) is 0 Å². The third-order valence-electron chi connectivity index (χ3n) is 3.50. The van der Waals surface area contributed by atoms with Crippen LogP contribution in [0.1, 0.15) is 24.2 Å². The van der Waals surface area contributed by atoms with Gasteiger partial charge in [0.05, 0.1) is 11.7 Å². The van der Waals surface area contributed by atoms with Gasteiger partial charge in [-0.25, -0.2) is 4.79 Å². The molecule has 1 heterocycles. The summed E-state index contributed by atoms with van der Waals surface area (Å²) in [5.74, 6) is -0.879. The molecule has 2 atom stereocenters. The van der Waals surface area contributed by atoms with Crippen molar-refractivity contribution < 1.29 is 9.90 Å². The molecular weight excluding hydrogens is 228 g/mol. The maximum atomic E-state index is 10.2. The number of nitrogens with zero attached hydrogens (tertiary/aromatic N) is 2. The standard InChI is InChI=1S/C7H16N2.C7H6O2/c1-6-5-8(3)7(2)9(6)4;8-7(9)6-4-2-1-3-5-6/h6-7H,5H2,1-4H3;1-5H,(H,8,9). The molecule has 4 nitrogen and oxygen atoms in total. The molecule has 0 aliphatic carbocycles. The number of hydrogen-bond donors (Lipinski definition) is 1. The number of carbonyl (C=O) groups is 1. The molecule has 100 valence electrons. The fraction of sp³-hybridized carbons (Fsp3) is 0.500. The van der Waals surface area contributed by atoms with Gasteiger partial charge in [-0.3, -0.25) is 9.80 Å². The van der Waals surface area contributed by atoms with Gasteiger partial charge in [0.25, 0.3) is 0 Å². The van der Waals surface area contributed by atoms with Crippen molar-refractivity contribution in [2.45, 2.75) is 26.1 Å². The highest BCUT2D eigenvalue weighted by Crippen LogP contribution is 2.14. The molecule has 18 heavy (non-hydrogen) atoms. The Morgan fingerprint density at radius 3 is 2.00 bits per heavy atom. The number of carboxylic acid groups (broad SMARTS) is 1. The Balaban J connectivity index is 0.000000180. The van der Waals surface area contributed by atoms with Crippen LogP contribution in [0.25, 0.3) is 0 Å². The molecule has 0 bridgehead atoms. The Kier molecular flexibility index (Phi) is 5.31. The zero-order chi connectivity index (χ0) is 13.7. The van der Waals surface area contributed by atoms with Gasteiger partial charge < -0.3 is 5.11 Å². The highest BCUT2D eigenvalue weighted by atomic mass is 16.4. The molecule has 1 saturated heterocycles. The summed E-state index contributed by atoms with van der Waals surface area (Å²) in [5, 5.41) is 8.38. The third-order valence-corrected chi connectivity index (χ3v) is 3.50. The molecule has 1 aliphatic heterocycles. The Labute approximate surface area is 109 Å². The second-order valence-corrected chi connectivity index (χ2v) is 4.76. The molecule has 0 aromatic heterocycles. The number of likely N-dealkylation sites (N-methyl/N-ethyl adjacent to an activating group) is 2. The summed E-state index contributed by atoms with van der Waals surface area (Å²) in [5.41, 5.74) is 0.331. The Bertz CT molecular complexity index is 369. The molecule has 1 aromatic rings. The van der Waals surface area contributed by atoms with Crippen molar-refractivity contribution in [3.05, 3.63) is 35.9 Å². The zero-order valence-electron chi connectivity index (χ0n) is 11.5. The topological polar surface area (TPSA) is 43.8 Å². The van der Waals surface area contributed by atoms with E-state index >= 15 is 0 Å². The molecular formula is C14H22N2O2. The van der Waals surface area contributed by atoms with Crippen molar-refractivity contribution in [2.24, 2.45) is 0 Å². The lowest BCUT2D eigenvalue weighted by Crippen LogP contribution is -2.32. The van der Waals surface area contributed by atoms with Gasteiger partial charge >= 0.3 is 5.97 Å². The van der Waals surface area contributed by atoms with E-state index in [-0.39, 0.29) is 0 Å². The number of rotatable bonds is 1. The monoisotopic (exact) mass is 250 g/mol. The second kappa shape index (κ2) is 6.52. The van der Waals surface area contributed by atoms with Gasteiger partial charge in [-0.15, -0.1) is 0 Å². The predicted octanol–water partition coefficient (Wildman–Crippen LogP) is 1.98. The van der Waals surface area contributed by atoms with E-state index in [1.54, 1.807) is 30.3 Å². The lowest BCUT2D eigenvalue weighted by atomic mass is 10.2. The Hall–Kier alpha value is -1.39. The van der Waals surface area contributed by atoms with Gasteiger partial charge in [0.1, 0.15) is 0 Å². The summed E-state index contributed by atoms with van der Waals surface area (Å²) < 4.78 is 0. The number of aromatic carboxylic acids is 1. The lowest BCUT2D eigenvalue weighted by molar-refractivity contribution is 0.0697. The minimum Gasteiger partial charge on any atom is -0.478 e. The molecule has 0 spiro atoms. The van der Waals surface area contributed by atoms with Crippen molar-refractivity contribution in [3.8, 4) is 0 Å². The van der Waals surface area contributed by atoms with Crippen LogP contribution in [-0.4, -0.2) is 53.7 Å². The van der Waals surface area contributed by atoms with Crippen LogP contribution in [0.5, 0.6) is 0 Å². The summed E-state index contributed by atoms with van der Waals surface area (Å²) in [4.78, 5) is 15.0. The van der Waals surface area contributed by atoms with E-state index in [1.165, 1.54) is 6.54 Å². The molecule has 2 rings (SSSR count). The zero-order valence-corrected chi connectivity index (χ0v) is 11.5. The third kappa shape index (κ3) is 3.82. The molecule has 0 amide bonds. The average Bonchev–Trinajstić information content (AvgIpc) is 2.58. The average molecular weight is 250 g/mol. The molecule has 0 radical (unpaired) electrons. The largest absolute Gasteiger partial charge is 0.478 e. The minimum atomic E-state index is -0.879. The number of benzene rings is 1. The molecule has 1 N–H and O–H groups in total. The van der Waals surface area contributed by atoms with Crippen molar-refractivity contribution in [2.75, 3.05) is 20.6 Å². The molecule has 0 saturated carbocycles. The quantitative estimate of drug-likeness (QED) is 0.827. The first-order valence-corrected chi connectivity index (χ1v) is 6.14. The van der Waals surface area contributed by atoms with Crippen LogP contribution in [0, 0.1) is 0 Å². The van der Waals surface area contributed by atoms with Crippen LogP contribution in [0.4, 0.5) is 0 Å². The van der Waals surface area contributed by atoms with Gasteiger partial charge in [-0.1, -0.05) is 18.2 Å². The highest BCUT2D eigenvalue weighted by Gasteiger charge is 2.27. The number of carboxylic acids is 1. The maximum absolute atomic E-state index is 10.2. The van der Waals surface area contributed by atoms with Gasteiger partial charge in [0.15, 0.2) is 0 Å². The predicted molar refractivity (Wildman–Crippen MR) is 72.7 cm³/mol. The fourth-order valence-electron chi connectivity index (χ4n) is 1.96. The maximum Gasteiger partial charge on any atom is 0.335 e. The van der Waals surface area contributed by atoms with Crippen LogP contribution in [0.15, 0.2) is 30.3 Å². The minimum absolute atomic E-state index is 0.331. The van der Waals surface area contributed by atoms with Crippen molar-refractivity contribution in [1.82, 2.24) is 9.80 Å². The van der Waals surface area contributed by atoms with E-state index in [2.05, 4.69) is 37.7 Å². The molecule has 1 fully saturated rings. The normalized spacial score (nSPS) is 24.4. The van der Waals surface area contributed by atoms with Crippen LogP contribution >= 0.6 is 0 Å². The Morgan fingerprint density at radius 1 is 1.22 bits per heavy atom. The smallest absolute Gasteiger partial charge is 0.335 e. The van der Waals surface area contributed by atoms with Crippen LogP contribution < -0.4 is 0 Å². The van der Waals surface area contributed by atoms with E-state index in [4.69, 9.17) is 5.11 Å². The first-order valence-electron chi connectivity index (χ1n) is 6.14. The van der Waals surface area contributed by atoms with E-state index in [9.17, 15) is 4.79 Å². The summed E-state index contributed by atoms with van der Waals surface area (Å²) >= 11 is 0. The second-order valence-electron chi connectivity index (χ2n) is 4.76. The van der Waals surface area contributed by atoms with E-state index in [0.717, 1.165) is 6.04 Å². The van der Waals surface area contributed by atoms with E-state index in [1.807, 2.05) is 0 Å². The summed E-state index contributed by atoms with van der Waals surface area (Å²) in [6.07, 6.45) is 0.625. The first kappa shape index (κ1) is 14.7. The number of hydrogen-bond acceptors (Lipinski definition) is 3. The van der Waals surface area contributed by atoms with Crippen molar-refractivity contribution in [3.63, 3.8) is 0 Å². The van der Waals surface area contributed by atoms with Gasteiger partial charge in [0.2, 0.25) is 0 Å². The van der Waals surface area contributed by atoms with Gasteiger partial charge in [-0.05, 0) is 40.1 Å². The van der Waals surface area contributed by atoms with Crippen LogP contribution in [-0.2, 0) is 0 Å². The van der Waals surface area contributed by atoms with E-state index in [0.29, 0.717) is 11.7 Å². The summed E-state index contributed by atoms with van der Waals surface area (Å²) in [7, 11) is 4.35. The van der Waals surface area contributed by atoms with Crippen LogP contribution in [0.3, 0.4) is 0 Å². The summed E-state index contributed by atoms with van der Waals surface area (Å²) in [6, 6.07) is 9.02. The van der Waals surface area contributed by atoms with Gasteiger partial charge in [0, 0.05) is 12.6 Å². The van der Waals surface area contributed by atoms with Crippen molar-refractivity contribution >= 4 is 5.97 Å².